The number of nitrogens with zero attached hydrogens (tertiary/aromatic N) is 1. The molecular formula is C14H20ClNO4S. The molecule has 0 atom stereocenters. The van der Waals surface area contributed by atoms with Crippen LogP contribution < -0.4 is 4.18 Å². The van der Waals surface area contributed by atoms with Crippen LogP contribution in [0.3, 0.4) is 0 Å². The van der Waals surface area contributed by atoms with E-state index in [1.54, 1.807) is 17.0 Å². The van der Waals surface area contributed by atoms with E-state index < -0.39 is 10.1 Å². The van der Waals surface area contributed by atoms with E-state index in [1.807, 2.05) is 13.8 Å². The summed E-state index contributed by atoms with van der Waals surface area (Å²) >= 11 is 5.96. The van der Waals surface area contributed by atoms with Crippen LogP contribution in [0.2, 0.25) is 5.02 Å². The second-order valence-corrected chi connectivity index (χ2v) is 7.22. The van der Waals surface area contributed by atoms with E-state index in [0.29, 0.717) is 10.6 Å². The highest BCUT2D eigenvalue weighted by molar-refractivity contribution is 7.87. The summed E-state index contributed by atoms with van der Waals surface area (Å²) in [5.74, 6) is -0.0298. The van der Waals surface area contributed by atoms with Gasteiger partial charge in [0.15, 0.2) is 0 Å². The van der Waals surface area contributed by atoms with Crippen molar-refractivity contribution in [3.05, 3.63) is 28.8 Å². The van der Waals surface area contributed by atoms with Crippen LogP contribution >= 0.6 is 11.6 Å². The van der Waals surface area contributed by atoms with E-state index in [2.05, 4.69) is 0 Å². The van der Waals surface area contributed by atoms with Gasteiger partial charge in [0.2, 0.25) is 5.91 Å². The summed E-state index contributed by atoms with van der Waals surface area (Å²) in [7, 11) is -3.63. The Labute approximate surface area is 131 Å². The SMILES string of the molecule is CCS(=O)(=O)Oc1ccc(Cl)cc1CN(C(C)=O)C(C)C. The molecule has 0 saturated heterocycles. The highest BCUT2D eigenvalue weighted by Crippen LogP contribution is 2.26. The van der Waals surface area contributed by atoms with Crippen LogP contribution in [0.1, 0.15) is 33.3 Å². The lowest BCUT2D eigenvalue weighted by Gasteiger charge is -2.26. The van der Waals surface area contributed by atoms with E-state index in [4.69, 9.17) is 15.8 Å². The van der Waals surface area contributed by atoms with Crippen molar-refractivity contribution in [3.63, 3.8) is 0 Å². The van der Waals surface area contributed by atoms with Gasteiger partial charge >= 0.3 is 10.1 Å². The van der Waals surface area contributed by atoms with Crippen molar-refractivity contribution in [1.29, 1.82) is 0 Å². The van der Waals surface area contributed by atoms with E-state index in [9.17, 15) is 13.2 Å². The van der Waals surface area contributed by atoms with E-state index in [-0.39, 0.29) is 30.0 Å². The third-order valence-corrected chi connectivity index (χ3v) is 4.34. The van der Waals surface area contributed by atoms with Crippen LogP contribution in [0, 0.1) is 0 Å². The fraction of sp³-hybridized carbons (Fsp3) is 0.500. The van der Waals surface area contributed by atoms with Gasteiger partial charge in [0.1, 0.15) is 5.75 Å². The lowest BCUT2D eigenvalue weighted by atomic mass is 10.1. The number of halogens is 1. The van der Waals surface area contributed by atoms with Gasteiger partial charge in [0.05, 0.1) is 5.75 Å². The molecule has 0 heterocycles. The third-order valence-electron chi connectivity index (χ3n) is 2.96. The normalized spacial score (nSPS) is 11.5. The molecule has 1 amide bonds. The van der Waals surface area contributed by atoms with Crippen LogP contribution in [0.25, 0.3) is 0 Å². The maximum atomic E-state index is 11.7. The number of rotatable bonds is 6. The molecular weight excluding hydrogens is 314 g/mol. The summed E-state index contributed by atoms with van der Waals surface area (Å²) in [5, 5.41) is 0.457. The van der Waals surface area contributed by atoms with E-state index in [0.717, 1.165) is 0 Å². The Hall–Kier alpha value is -1.27. The minimum atomic E-state index is -3.63. The van der Waals surface area contributed by atoms with E-state index in [1.165, 1.54) is 19.9 Å². The summed E-state index contributed by atoms with van der Waals surface area (Å²) in [5.41, 5.74) is 0.559. The molecule has 0 saturated carbocycles. The highest BCUT2D eigenvalue weighted by Gasteiger charge is 2.18. The maximum Gasteiger partial charge on any atom is 0.308 e. The van der Waals surface area contributed by atoms with Crippen LogP contribution in [-0.2, 0) is 21.5 Å². The highest BCUT2D eigenvalue weighted by atomic mass is 35.5. The Morgan fingerprint density at radius 2 is 2.00 bits per heavy atom. The predicted octanol–water partition coefficient (Wildman–Crippen LogP) is 2.83. The zero-order valence-corrected chi connectivity index (χ0v) is 14.2. The van der Waals surface area contributed by atoms with Gasteiger partial charge in [-0.05, 0) is 39.0 Å². The fourth-order valence-corrected chi connectivity index (χ4v) is 2.54. The molecule has 0 bridgehead atoms. The molecule has 1 rings (SSSR count). The van der Waals surface area contributed by atoms with Crippen LogP contribution in [0.4, 0.5) is 0 Å². The zero-order chi connectivity index (χ0) is 16.2. The standard InChI is InChI=1S/C14H20ClNO4S/c1-5-21(18,19)20-14-7-6-13(15)8-12(14)9-16(10(2)3)11(4)17/h6-8,10H,5,9H2,1-4H3. The molecule has 0 fully saturated rings. The lowest BCUT2D eigenvalue weighted by Crippen LogP contribution is -2.34. The number of hydrogen-bond acceptors (Lipinski definition) is 4. The lowest BCUT2D eigenvalue weighted by molar-refractivity contribution is -0.131. The summed E-state index contributed by atoms with van der Waals surface area (Å²) in [6, 6.07) is 4.65. The largest absolute Gasteiger partial charge is 0.382 e. The monoisotopic (exact) mass is 333 g/mol. The van der Waals surface area contributed by atoms with Crippen molar-refractivity contribution < 1.29 is 17.4 Å². The van der Waals surface area contributed by atoms with Crippen molar-refractivity contribution in [1.82, 2.24) is 4.90 Å². The molecule has 7 heteroatoms. The Morgan fingerprint density at radius 1 is 1.38 bits per heavy atom. The quantitative estimate of drug-likeness (QED) is 0.751. The number of benzene rings is 1. The van der Waals surface area contributed by atoms with Crippen molar-refractivity contribution in [3.8, 4) is 5.75 Å². The average Bonchev–Trinajstić information content (AvgIpc) is 2.37. The molecule has 0 aliphatic rings. The minimum absolute atomic E-state index is 0.0166. The van der Waals surface area contributed by atoms with Crippen molar-refractivity contribution in [2.45, 2.75) is 40.3 Å². The second-order valence-electron chi connectivity index (χ2n) is 4.92. The van der Waals surface area contributed by atoms with Crippen molar-refractivity contribution in [2.24, 2.45) is 0 Å². The molecule has 5 nitrogen and oxygen atoms in total. The molecule has 0 spiro atoms. The van der Waals surface area contributed by atoms with Crippen molar-refractivity contribution in [2.75, 3.05) is 5.75 Å². The van der Waals surface area contributed by atoms with Gasteiger partial charge in [-0.15, -0.1) is 0 Å². The maximum absolute atomic E-state index is 11.7. The second kappa shape index (κ2) is 7.13. The van der Waals surface area contributed by atoms with Crippen molar-refractivity contribution >= 4 is 27.6 Å². The first kappa shape index (κ1) is 17.8. The van der Waals surface area contributed by atoms with Gasteiger partial charge in [0.25, 0.3) is 0 Å². The molecule has 0 aliphatic heterocycles. The first-order valence-corrected chi connectivity index (χ1v) is 8.59. The van der Waals surface area contributed by atoms with Crippen LogP contribution in [0.15, 0.2) is 18.2 Å². The number of amides is 1. The summed E-state index contributed by atoms with van der Waals surface area (Å²) in [6.07, 6.45) is 0. The summed E-state index contributed by atoms with van der Waals surface area (Å²) in [4.78, 5) is 13.3. The van der Waals surface area contributed by atoms with Gasteiger partial charge < -0.3 is 9.08 Å². The number of carbonyl (C=O) groups is 1. The average molecular weight is 334 g/mol. The van der Waals surface area contributed by atoms with Gasteiger partial charge in [-0.3, -0.25) is 4.79 Å². The van der Waals surface area contributed by atoms with Crippen LogP contribution in [0.5, 0.6) is 5.75 Å². The zero-order valence-electron chi connectivity index (χ0n) is 12.6. The Balaban J connectivity index is 3.16. The molecule has 1 aromatic carbocycles. The molecule has 0 aliphatic carbocycles. The summed E-state index contributed by atoms with van der Waals surface area (Å²) < 4.78 is 28.3. The number of carbonyl (C=O) groups excluding carboxylic acids is 1. The fourth-order valence-electron chi connectivity index (χ4n) is 1.79. The molecule has 0 N–H and O–H groups in total. The molecule has 21 heavy (non-hydrogen) atoms. The minimum Gasteiger partial charge on any atom is -0.382 e. The van der Waals surface area contributed by atoms with Gasteiger partial charge in [-0.25, -0.2) is 0 Å². The Kier molecular flexibility index (Phi) is 6.04. The first-order chi connectivity index (χ1) is 9.66. The van der Waals surface area contributed by atoms with Gasteiger partial charge in [-0.1, -0.05) is 11.6 Å². The van der Waals surface area contributed by atoms with E-state index >= 15 is 0 Å². The topological polar surface area (TPSA) is 63.7 Å². The van der Waals surface area contributed by atoms with Gasteiger partial charge in [0, 0.05) is 30.1 Å². The Morgan fingerprint density at radius 3 is 2.48 bits per heavy atom. The smallest absolute Gasteiger partial charge is 0.308 e. The summed E-state index contributed by atoms with van der Waals surface area (Å²) in [6.45, 7) is 6.97. The molecule has 0 aromatic heterocycles. The van der Waals surface area contributed by atoms with Crippen LogP contribution in [-0.4, -0.2) is 31.0 Å². The predicted molar refractivity (Wildman–Crippen MR) is 82.9 cm³/mol. The molecule has 0 unspecified atom stereocenters. The first-order valence-electron chi connectivity index (χ1n) is 6.64. The molecule has 1 aromatic rings. The molecule has 118 valence electrons. The van der Waals surface area contributed by atoms with Gasteiger partial charge in [-0.2, -0.15) is 8.42 Å². The third kappa shape index (κ3) is 5.21. The Bertz CT molecular complexity index is 613. The molecule has 0 radical (unpaired) electrons. The number of hydrogen-bond donors (Lipinski definition) is 0.